The number of halogens is 1. The number of nitrogens with one attached hydrogen (secondary N) is 3. The van der Waals surface area contributed by atoms with Crippen molar-refractivity contribution in [2.45, 2.75) is 37.3 Å². The molecule has 42 heavy (non-hydrogen) atoms. The van der Waals surface area contributed by atoms with Crippen LogP contribution in [-0.2, 0) is 9.59 Å². The van der Waals surface area contributed by atoms with Crippen LogP contribution in [0.25, 0.3) is 6.08 Å². The molecule has 0 aliphatic heterocycles. The summed E-state index contributed by atoms with van der Waals surface area (Å²) < 4.78 is 0. The molecule has 0 saturated carbocycles. The standard InChI is InChI=1S/C34H32ClN3O3S/c1-4-31(34(41)37-29-20-26(35)18-17-23(29)3)42-28-16-10-15-27(21-28)36-33(40)30(19-25-14-9-8-11-22(25)2)38-32(39)24-12-6-5-7-13-24/h5-21,31H,4H2,1-3H3,(H,36,40)(H,37,41)(H,38,39)/b30-19-. The number of anilines is 2. The quantitative estimate of drug-likeness (QED) is 0.128. The van der Waals surface area contributed by atoms with Gasteiger partial charge in [-0.05, 0) is 85.5 Å². The zero-order chi connectivity index (χ0) is 30.1. The molecule has 8 heteroatoms. The first kappa shape index (κ1) is 30.6. The van der Waals surface area contributed by atoms with Gasteiger partial charge in [0.1, 0.15) is 5.70 Å². The Morgan fingerprint density at radius 3 is 2.31 bits per heavy atom. The molecule has 0 aliphatic carbocycles. The normalized spacial score (nSPS) is 11.9. The third-order valence-corrected chi connectivity index (χ3v) is 8.10. The van der Waals surface area contributed by atoms with Gasteiger partial charge in [0.2, 0.25) is 5.91 Å². The van der Waals surface area contributed by atoms with Crippen LogP contribution >= 0.6 is 23.4 Å². The Hall–Kier alpha value is -4.33. The second kappa shape index (κ2) is 14.5. The van der Waals surface area contributed by atoms with Crippen molar-refractivity contribution in [3.63, 3.8) is 0 Å². The van der Waals surface area contributed by atoms with Gasteiger partial charge in [-0.3, -0.25) is 14.4 Å². The maximum Gasteiger partial charge on any atom is 0.272 e. The summed E-state index contributed by atoms with van der Waals surface area (Å²) >= 11 is 7.53. The van der Waals surface area contributed by atoms with E-state index in [4.69, 9.17) is 11.6 Å². The molecule has 0 aliphatic rings. The molecule has 4 aromatic rings. The Kier molecular flexibility index (Phi) is 10.6. The summed E-state index contributed by atoms with van der Waals surface area (Å²) in [5, 5.41) is 8.85. The first-order chi connectivity index (χ1) is 20.2. The highest BCUT2D eigenvalue weighted by Gasteiger charge is 2.20. The summed E-state index contributed by atoms with van der Waals surface area (Å²) in [4.78, 5) is 40.3. The van der Waals surface area contributed by atoms with Crippen LogP contribution < -0.4 is 16.0 Å². The highest BCUT2D eigenvalue weighted by atomic mass is 35.5. The van der Waals surface area contributed by atoms with Crippen LogP contribution in [0.15, 0.2) is 108 Å². The smallest absolute Gasteiger partial charge is 0.272 e. The summed E-state index contributed by atoms with van der Waals surface area (Å²) in [6, 6.07) is 29.0. The van der Waals surface area contributed by atoms with Crippen LogP contribution in [0.4, 0.5) is 11.4 Å². The van der Waals surface area contributed by atoms with Crippen molar-refractivity contribution in [3.8, 4) is 0 Å². The third kappa shape index (κ3) is 8.35. The molecule has 0 spiro atoms. The Bertz CT molecular complexity index is 1620. The number of carbonyl (C=O) groups is 3. The topological polar surface area (TPSA) is 87.3 Å². The predicted molar refractivity (Wildman–Crippen MR) is 173 cm³/mol. The third-order valence-electron chi connectivity index (χ3n) is 6.51. The maximum atomic E-state index is 13.5. The number of benzene rings is 4. The summed E-state index contributed by atoms with van der Waals surface area (Å²) in [5.74, 6) is -0.984. The minimum absolute atomic E-state index is 0.110. The summed E-state index contributed by atoms with van der Waals surface area (Å²) in [6.07, 6.45) is 2.26. The average Bonchev–Trinajstić information content (AvgIpc) is 2.99. The van der Waals surface area contributed by atoms with E-state index in [0.717, 1.165) is 21.6 Å². The van der Waals surface area contributed by atoms with Gasteiger partial charge >= 0.3 is 0 Å². The Morgan fingerprint density at radius 1 is 0.833 bits per heavy atom. The molecule has 3 amide bonds. The molecule has 3 N–H and O–H groups in total. The lowest BCUT2D eigenvalue weighted by atomic mass is 10.1. The molecule has 1 atom stereocenters. The van der Waals surface area contributed by atoms with Gasteiger partial charge in [0.15, 0.2) is 0 Å². The van der Waals surface area contributed by atoms with Gasteiger partial charge in [0, 0.05) is 26.9 Å². The number of rotatable bonds is 10. The van der Waals surface area contributed by atoms with Gasteiger partial charge in [-0.2, -0.15) is 0 Å². The van der Waals surface area contributed by atoms with Crippen LogP contribution in [0.2, 0.25) is 5.02 Å². The van der Waals surface area contributed by atoms with Gasteiger partial charge in [-0.1, -0.05) is 73.1 Å². The lowest BCUT2D eigenvalue weighted by molar-refractivity contribution is -0.116. The highest BCUT2D eigenvalue weighted by molar-refractivity contribution is 8.00. The second-order valence-corrected chi connectivity index (χ2v) is 11.4. The van der Waals surface area contributed by atoms with E-state index in [2.05, 4.69) is 16.0 Å². The van der Waals surface area contributed by atoms with E-state index in [9.17, 15) is 14.4 Å². The molecule has 0 saturated heterocycles. The van der Waals surface area contributed by atoms with E-state index in [0.29, 0.717) is 28.4 Å². The minimum Gasteiger partial charge on any atom is -0.325 e. The van der Waals surface area contributed by atoms with E-state index in [1.165, 1.54) is 11.8 Å². The largest absolute Gasteiger partial charge is 0.325 e. The molecule has 4 rings (SSSR count). The van der Waals surface area contributed by atoms with Crippen molar-refractivity contribution in [1.82, 2.24) is 5.32 Å². The van der Waals surface area contributed by atoms with Crippen molar-refractivity contribution < 1.29 is 14.4 Å². The number of carbonyl (C=O) groups excluding carboxylic acids is 3. The van der Waals surface area contributed by atoms with Gasteiger partial charge in [0.05, 0.1) is 5.25 Å². The van der Waals surface area contributed by atoms with Crippen molar-refractivity contribution in [1.29, 1.82) is 0 Å². The average molecular weight is 598 g/mol. The Labute approximate surface area is 255 Å². The van der Waals surface area contributed by atoms with Crippen LogP contribution in [-0.4, -0.2) is 23.0 Å². The van der Waals surface area contributed by atoms with E-state index in [-0.39, 0.29) is 22.8 Å². The number of hydrogen-bond acceptors (Lipinski definition) is 4. The Balaban J connectivity index is 1.51. The summed E-state index contributed by atoms with van der Waals surface area (Å²) in [6.45, 7) is 5.80. The Morgan fingerprint density at radius 2 is 1.57 bits per heavy atom. The molecule has 0 heterocycles. The zero-order valence-corrected chi connectivity index (χ0v) is 25.2. The predicted octanol–water partition coefficient (Wildman–Crippen LogP) is 7.88. The first-order valence-electron chi connectivity index (χ1n) is 13.5. The van der Waals surface area contributed by atoms with Gasteiger partial charge < -0.3 is 16.0 Å². The maximum absolute atomic E-state index is 13.5. The second-order valence-electron chi connectivity index (χ2n) is 9.68. The lowest BCUT2D eigenvalue weighted by Crippen LogP contribution is -2.30. The fourth-order valence-corrected chi connectivity index (χ4v) is 5.31. The number of hydrogen-bond donors (Lipinski definition) is 3. The van der Waals surface area contributed by atoms with Crippen molar-refractivity contribution in [2.75, 3.05) is 10.6 Å². The summed E-state index contributed by atoms with van der Waals surface area (Å²) in [5.41, 5.74) is 4.47. The minimum atomic E-state index is -0.467. The number of amides is 3. The molecule has 4 aromatic carbocycles. The van der Waals surface area contributed by atoms with E-state index >= 15 is 0 Å². The van der Waals surface area contributed by atoms with Gasteiger partial charge in [0.25, 0.3) is 11.8 Å². The van der Waals surface area contributed by atoms with Crippen LogP contribution in [0.3, 0.4) is 0 Å². The molecule has 1 unspecified atom stereocenters. The molecule has 0 fully saturated rings. The fraction of sp³-hybridized carbons (Fsp3) is 0.147. The van der Waals surface area contributed by atoms with Crippen LogP contribution in [0.1, 0.15) is 40.4 Å². The molecule has 214 valence electrons. The lowest BCUT2D eigenvalue weighted by Gasteiger charge is -2.17. The monoisotopic (exact) mass is 597 g/mol. The van der Waals surface area contributed by atoms with E-state index in [1.54, 1.807) is 48.5 Å². The SMILES string of the molecule is CCC(Sc1cccc(NC(=O)/C(=C/c2ccccc2C)NC(=O)c2ccccc2)c1)C(=O)Nc1cc(Cl)ccc1C. The zero-order valence-electron chi connectivity index (χ0n) is 23.6. The van der Waals surface area contributed by atoms with Crippen LogP contribution in [0, 0.1) is 13.8 Å². The van der Waals surface area contributed by atoms with Crippen LogP contribution in [0.5, 0.6) is 0 Å². The van der Waals surface area contributed by atoms with Gasteiger partial charge in [-0.15, -0.1) is 11.8 Å². The van der Waals surface area contributed by atoms with E-state index < -0.39 is 5.91 Å². The molecular weight excluding hydrogens is 566 g/mol. The molecule has 0 bridgehead atoms. The number of aryl methyl sites for hydroxylation is 2. The molecule has 6 nitrogen and oxygen atoms in total. The van der Waals surface area contributed by atoms with Crippen molar-refractivity contribution >= 4 is 58.5 Å². The first-order valence-corrected chi connectivity index (χ1v) is 14.8. The van der Waals surface area contributed by atoms with Crippen molar-refractivity contribution in [2.24, 2.45) is 0 Å². The molecular formula is C34H32ClN3O3S. The number of thioether (sulfide) groups is 1. The van der Waals surface area contributed by atoms with E-state index in [1.807, 2.05) is 75.4 Å². The molecule has 0 aromatic heterocycles. The summed E-state index contributed by atoms with van der Waals surface area (Å²) in [7, 11) is 0. The van der Waals surface area contributed by atoms with Crippen molar-refractivity contribution in [3.05, 3.63) is 130 Å². The highest BCUT2D eigenvalue weighted by Crippen LogP contribution is 2.30. The van der Waals surface area contributed by atoms with Gasteiger partial charge in [-0.25, -0.2) is 0 Å². The fourth-order valence-electron chi connectivity index (χ4n) is 4.12. The molecule has 0 radical (unpaired) electrons.